The van der Waals surface area contributed by atoms with Gasteiger partial charge < -0.3 is 36.5 Å². The molecule has 4 rings (SSSR count). The second-order valence-electron chi connectivity index (χ2n) is 13.3. The maximum Gasteiger partial charge on any atom is 0.269 e. The first-order valence-electron chi connectivity index (χ1n) is 17.5. The molecule has 2 heterocycles. The van der Waals surface area contributed by atoms with Crippen LogP contribution in [0, 0.1) is 11.8 Å². The summed E-state index contributed by atoms with van der Waals surface area (Å²) >= 11 is 0. The minimum Gasteiger partial charge on any atom is -0.353 e. The number of hydrogen-bond donors (Lipinski definition) is 6. The van der Waals surface area contributed by atoms with E-state index >= 15 is 0 Å². The van der Waals surface area contributed by atoms with Crippen molar-refractivity contribution in [3.63, 3.8) is 0 Å². The second kappa shape index (κ2) is 19.2. The lowest BCUT2D eigenvalue weighted by Crippen LogP contribution is -2.52. The Hall–Kier alpha value is -3.48. The number of nitrogens with zero attached hydrogens (tertiary/aromatic N) is 2. The van der Waals surface area contributed by atoms with Gasteiger partial charge in [-0.25, -0.2) is 4.98 Å². The van der Waals surface area contributed by atoms with Crippen molar-refractivity contribution in [3.8, 4) is 0 Å². The van der Waals surface area contributed by atoms with E-state index < -0.39 is 35.7 Å². The smallest absolute Gasteiger partial charge is 0.269 e. The molecule has 6 N–H and O–H groups in total. The highest BCUT2D eigenvalue weighted by atomic mass is 16.2. The second-order valence-corrected chi connectivity index (χ2v) is 13.3. The number of H-pyrrole nitrogens is 1. The van der Waals surface area contributed by atoms with Gasteiger partial charge in [0.1, 0.15) is 17.8 Å². The number of carbonyl (C=O) groups is 5. The van der Waals surface area contributed by atoms with Gasteiger partial charge in [-0.05, 0) is 50.6 Å². The molecule has 3 aliphatic rings. The van der Waals surface area contributed by atoms with Gasteiger partial charge in [-0.3, -0.25) is 24.0 Å². The number of aromatic amines is 1. The maximum atomic E-state index is 13.2. The van der Waals surface area contributed by atoms with E-state index in [0.717, 1.165) is 71.0 Å². The number of imidazole rings is 1. The van der Waals surface area contributed by atoms with Gasteiger partial charge in [0.15, 0.2) is 0 Å². The lowest BCUT2D eigenvalue weighted by Gasteiger charge is -2.28. The lowest BCUT2D eigenvalue weighted by molar-refractivity contribution is -0.130. The summed E-state index contributed by atoms with van der Waals surface area (Å²) in [5.74, 6) is -1.36. The van der Waals surface area contributed by atoms with Crippen molar-refractivity contribution in [1.82, 2.24) is 41.5 Å². The molecule has 1 saturated heterocycles. The summed E-state index contributed by atoms with van der Waals surface area (Å²) in [5.41, 5.74) is 0.252. The molecule has 1 aromatic heterocycles. The minimum atomic E-state index is -0.802. The number of amides is 5. The highest BCUT2D eigenvalue weighted by Gasteiger charge is 2.28. The Bertz CT molecular complexity index is 1110. The van der Waals surface area contributed by atoms with Crippen LogP contribution in [0.3, 0.4) is 0 Å². The van der Waals surface area contributed by atoms with Crippen LogP contribution in [0.4, 0.5) is 0 Å². The standard InChI is InChI=1S/C33H54N8O5/c42-29(21-37-32(45)27(19-25-12-6-2-7-13-25)40-33(46)28-20-34-23-38-28)36-22-30(43)39-26(18-24-10-4-1-5-11-24)31(44)35-14-17-41-15-8-3-9-16-41/h20,23-27H,1-19,21-22H2,(H,34,38)(H,35,44)(H,36,42)(H,37,45)(H,39,43)(H,40,46)/t26-,27-/m0/s1. The monoisotopic (exact) mass is 642 g/mol. The third-order valence-corrected chi connectivity index (χ3v) is 9.65. The molecule has 0 bridgehead atoms. The van der Waals surface area contributed by atoms with Crippen molar-refractivity contribution < 1.29 is 24.0 Å². The van der Waals surface area contributed by atoms with Crippen molar-refractivity contribution in [2.45, 2.75) is 108 Å². The van der Waals surface area contributed by atoms with Gasteiger partial charge in [-0.1, -0.05) is 70.6 Å². The quantitative estimate of drug-likeness (QED) is 0.159. The molecule has 0 radical (unpaired) electrons. The molecule has 2 aliphatic carbocycles. The van der Waals surface area contributed by atoms with Gasteiger partial charge in [0.2, 0.25) is 23.6 Å². The lowest BCUT2D eigenvalue weighted by atomic mass is 9.84. The third-order valence-electron chi connectivity index (χ3n) is 9.65. The molecule has 3 fully saturated rings. The Balaban J connectivity index is 1.22. The number of piperidine rings is 1. The summed E-state index contributed by atoms with van der Waals surface area (Å²) < 4.78 is 0. The zero-order valence-corrected chi connectivity index (χ0v) is 27.2. The number of nitrogens with one attached hydrogen (secondary N) is 6. The van der Waals surface area contributed by atoms with Crippen LogP contribution in [0.5, 0.6) is 0 Å². The first kappa shape index (κ1) is 35.4. The van der Waals surface area contributed by atoms with Gasteiger partial charge >= 0.3 is 0 Å². The Labute approximate surface area is 272 Å². The van der Waals surface area contributed by atoms with Crippen LogP contribution in [0.2, 0.25) is 0 Å². The molecule has 13 heteroatoms. The van der Waals surface area contributed by atoms with Gasteiger partial charge in [0.25, 0.3) is 5.91 Å². The van der Waals surface area contributed by atoms with Gasteiger partial charge in [0.05, 0.1) is 25.6 Å². The molecule has 5 amide bonds. The third kappa shape index (κ3) is 12.4. The zero-order chi connectivity index (χ0) is 32.6. The van der Waals surface area contributed by atoms with Crippen LogP contribution >= 0.6 is 0 Å². The summed E-state index contributed by atoms with van der Waals surface area (Å²) in [6.07, 6.45) is 18.4. The van der Waals surface area contributed by atoms with E-state index in [2.05, 4.69) is 41.5 Å². The Kier molecular flexibility index (Phi) is 14.8. The van der Waals surface area contributed by atoms with E-state index in [0.29, 0.717) is 31.2 Å². The van der Waals surface area contributed by atoms with Crippen LogP contribution in [-0.2, 0) is 19.2 Å². The van der Waals surface area contributed by atoms with Crippen LogP contribution < -0.4 is 26.6 Å². The summed E-state index contributed by atoms with van der Waals surface area (Å²) in [6, 6.07) is -1.46. The molecule has 2 atom stereocenters. The molecule has 0 spiro atoms. The average molecular weight is 643 g/mol. The van der Waals surface area contributed by atoms with Crippen molar-refractivity contribution in [1.29, 1.82) is 0 Å². The highest BCUT2D eigenvalue weighted by Crippen LogP contribution is 2.28. The predicted molar refractivity (Wildman–Crippen MR) is 173 cm³/mol. The van der Waals surface area contributed by atoms with Gasteiger partial charge in [-0.2, -0.15) is 0 Å². The van der Waals surface area contributed by atoms with Gasteiger partial charge in [-0.15, -0.1) is 0 Å². The molecule has 256 valence electrons. The van der Waals surface area contributed by atoms with Crippen molar-refractivity contribution in [2.75, 3.05) is 39.3 Å². The first-order chi connectivity index (χ1) is 22.4. The fraction of sp³-hybridized carbons (Fsp3) is 0.758. The summed E-state index contributed by atoms with van der Waals surface area (Å²) in [7, 11) is 0. The summed E-state index contributed by atoms with van der Waals surface area (Å²) in [4.78, 5) is 73.4. The van der Waals surface area contributed by atoms with Crippen LogP contribution in [0.15, 0.2) is 12.5 Å². The van der Waals surface area contributed by atoms with E-state index in [9.17, 15) is 24.0 Å². The van der Waals surface area contributed by atoms with Crippen LogP contribution in [0.1, 0.15) is 107 Å². The molecule has 0 aromatic carbocycles. The summed E-state index contributed by atoms with van der Waals surface area (Å²) in [6.45, 7) is 2.80. The number of likely N-dealkylation sites (tertiary alicyclic amines) is 1. The number of aromatic nitrogens is 2. The highest BCUT2D eigenvalue weighted by molar-refractivity contribution is 5.97. The molecule has 13 nitrogen and oxygen atoms in total. The number of hydrogen-bond acceptors (Lipinski definition) is 7. The van der Waals surface area contributed by atoms with Crippen molar-refractivity contribution in [2.24, 2.45) is 11.8 Å². The molecule has 0 unspecified atom stereocenters. The van der Waals surface area contributed by atoms with Crippen molar-refractivity contribution >= 4 is 29.5 Å². The molecule has 46 heavy (non-hydrogen) atoms. The van der Waals surface area contributed by atoms with Crippen LogP contribution in [-0.4, -0.2) is 95.8 Å². The van der Waals surface area contributed by atoms with E-state index in [-0.39, 0.29) is 24.7 Å². The Morgan fingerprint density at radius 1 is 0.717 bits per heavy atom. The van der Waals surface area contributed by atoms with Crippen molar-refractivity contribution in [3.05, 3.63) is 18.2 Å². The topological polar surface area (TPSA) is 177 Å². The minimum absolute atomic E-state index is 0.185. The van der Waals surface area contributed by atoms with E-state index in [1.807, 2.05) is 0 Å². The fourth-order valence-electron chi connectivity index (χ4n) is 7.01. The maximum absolute atomic E-state index is 13.2. The number of carbonyl (C=O) groups excluding carboxylic acids is 5. The zero-order valence-electron chi connectivity index (χ0n) is 27.2. The molecule has 1 aliphatic heterocycles. The van der Waals surface area contributed by atoms with E-state index in [1.165, 1.54) is 44.6 Å². The van der Waals surface area contributed by atoms with E-state index in [4.69, 9.17) is 0 Å². The normalized spacial score (nSPS) is 19.4. The molecule has 1 aromatic rings. The fourth-order valence-corrected chi connectivity index (χ4v) is 7.01. The number of rotatable bonds is 16. The van der Waals surface area contributed by atoms with Gasteiger partial charge in [0, 0.05) is 13.1 Å². The molecule has 2 saturated carbocycles. The SMILES string of the molecule is O=C(CNC(=O)[C@H](CC1CCCCC1)NC(=O)c1cnc[nH]1)NCC(=O)N[C@@H](CC1CCCCC1)C(=O)NCCN1CCCCC1. The van der Waals surface area contributed by atoms with Crippen LogP contribution in [0.25, 0.3) is 0 Å². The van der Waals surface area contributed by atoms with E-state index in [1.54, 1.807) is 0 Å². The largest absolute Gasteiger partial charge is 0.353 e. The Morgan fingerprint density at radius 2 is 1.28 bits per heavy atom. The molecular formula is C33H54N8O5. The predicted octanol–water partition coefficient (Wildman–Crippen LogP) is 1.77. The Morgan fingerprint density at radius 3 is 1.89 bits per heavy atom. The summed E-state index contributed by atoms with van der Waals surface area (Å²) in [5, 5.41) is 13.8. The first-order valence-corrected chi connectivity index (χ1v) is 17.5. The average Bonchev–Trinajstić information content (AvgIpc) is 3.63. The molecular weight excluding hydrogens is 588 g/mol.